The van der Waals surface area contributed by atoms with Gasteiger partial charge in [-0.1, -0.05) is 78.6 Å². The number of carbonyl (C=O) groups excluding carboxylic acids is 1. The second-order valence-corrected chi connectivity index (χ2v) is 9.32. The third-order valence-corrected chi connectivity index (χ3v) is 7.10. The first-order chi connectivity index (χ1) is 17.5. The number of ether oxygens (including phenoxy) is 2. The Kier molecular flexibility index (Phi) is 6.40. The standard InChI is InChI=1S/C29H24N2O4S/c1-4-16-35-28(33)25-18(2)30-29-31(26(25)20-12-14-22(34-3)15-13-20)27(32)24(36-29)17-21-10-7-9-19-8-5-6-11-23(19)21/h4-15,17,26H,1,16H2,2-3H3/b24-17-. The Morgan fingerprint density at radius 3 is 2.61 bits per heavy atom. The number of rotatable bonds is 6. The number of esters is 1. The summed E-state index contributed by atoms with van der Waals surface area (Å²) in [7, 11) is 1.59. The molecule has 1 unspecified atom stereocenters. The van der Waals surface area contributed by atoms with Crippen molar-refractivity contribution in [1.29, 1.82) is 0 Å². The molecule has 6 nitrogen and oxygen atoms in total. The van der Waals surface area contributed by atoms with Crippen molar-refractivity contribution in [2.24, 2.45) is 4.99 Å². The summed E-state index contributed by atoms with van der Waals surface area (Å²) in [5, 5.41) is 2.15. The molecule has 4 aromatic rings. The van der Waals surface area contributed by atoms with Crippen LogP contribution in [0.5, 0.6) is 5.75 Å². The van der Waals surface area contributed by atoms with E-state index in [1.54, 1.807) is 18.6 Å². The summed E-state index contributed by atoms with van der Waals surface area (Å²) in [5.41, 5.74) is 2.33. The molecule has 0 aliphatic carbocycles. The van der Waals surface area contributed by atoms with E-state index in [0.717, 1.165) is 21.9 Å². The van der Waals surface area contributed by atoms with Crippen molar-refractivity contribution >= 4 is 34.2 Å². The van der Waals surface area contributed by atoms with E-state index in [2.05, 4.69) is 11.6 Å². The average Bonchev–Trinajstić information content (AvgIpc) is 3.20. The molecule has 0 saturated carbocycles. The van der Waals surface area contributed by atoms with E-state index in [0.29, 0.717) is 26.4 Å². The Labute approximate surface area is 211 Å². The summed E-state index contributed by atoms with van der Waals surface area (Å²) in [5.74, 6) is 0.152. The molecule has 0 spiro atoms. The van der Waals surface area contributed by atoms with Crippen LogP contribution in [0.2, 0.25) is 0 Å². The number of thiazole rings is 1. The van der Waals surface area contributed by atoms with Crippen LogP contribution < -0.4 is 19.6 Å². The van der Waals surface area contributed by atoms with Crippen LogP contribution in [-0.2, 0) is 9.53 Å². The predicted molar refractivity (Wildman–Crippen MR) is 142 cm³/mol. The SMILES string of the molecule is C=CCOC(=O)C1=C(C)N=c2s/c(=C\c3cccc4ccccc34)c(=O)n2C1c1ccc(OC)cc1. The highest BCUT2D eigenvalue weighted by Crippen LogP contribution is 2.31. The minimum Gasteiger partial charge on any atom is -0.497 e. The maximum Gasteiger partial charge on any atom is 0.338 e. The lowest BCUT2D eigenvalue weighted by molar-refractivity contribution is -0.138. The van der Waals surface area contributed by atoms with Crippen LogP contribution in [0.15, 0.2) is 100 Å². The fraction of sp³-hybridized carbons (Fsp3) is 0.138. The zero-order chi connectivity index (χ0) is 25.2. The van der Waals surface area contributed by atoms with Crippen molar-refractivity contribution < 1.29 is 14.3 Å². The fourth-order valence-electron chi connectivity index (χ4n) is 4.41. The Morgan fingerprint density at radius 2 is 1.86 bits per heavy atom. The number of hydrogen-bond acceptors (Lipinski definition) is 6. The Hall–Kier alpha value is -4.23. The first-order valence-corrected chi connectivity index (χ1v) is 12.3. The van der Waals surface area contributed by atoms with Gasteiger partial charge in [-0.3, -0.25) is 9.36 Å². The van der Waals surface area contributed by atoms with Crippen molar-refractivity contribution in [2.45, 2.75) is 13.0 Å². The number of nitrogens with zero attached hydrogens (tertiary/aromatic N) is 2. The number of hydrogen-bond donors (Lipinski definition) is 0. The highest BCUT2D eigenvalue weighted by Gasteiger charge is 2.33. The van der Waals surface area contributed by atoms with Crippen molar-refractivity contribution in [1.82, 2.24) is 4.57 Å². The number of aromatic nitrogens is 1. The summed E-state index contributed by atoms with van der Waals surface area (Å²) in [6.07, 6.45) is 3.40. The molecule has 0 saturated heterocycles. The molecule has 0 N–H and O–H groups in total. The molecule has 1 aliphatic rings. The molecular formula is C29H24N2O4S. The fourth-order valence-corrected chi connectivity index (χ4v) is 5.45. The molecule has 3 aromatic carbocycles. The van der Waals surface area contributed by atoms with Gasteiger partial charge in [0.1, 0.15) is 12.4 Å². The maximum atomic E-state index is 13.8. The predicted octanol–water partition coefficient (Wildman–Crippen LogP) is 4.13. The molecular weight excluding hydrogens is 472 g/mol. The van der Waals surface area contributed by atoms with E-state index in [4.69, 9.17) is 9.47 Å². The summed E-state index contributed by atoms with van der Waals surface area (Å²) in [4.78, 5) is 32.1. The Morgan fingerprint density at radius 1 is 1.11 bits per heavy atom. The van der Waals surface area contributed by atoms with Gasteiger partial charge >= 0.3 is 5.97 Å². The Bertz CT molecular complexity index is 1690. The molecule has 0 fully saturated rings. The van der Waals surface area contributed by atoms with Crippen molar-refractivity contribution in [2.75, 3.05) is 13.7 Å². The van der Waals surface area contributed by atoms with Crippen LogP contribution >= 0.6 is 11.3 Å². The first kappa shape index (κ1) is 23.5. The van der Waals surface area contributed by atoms with Crippen LogP contribution in [0.4, 0.5) is 0 Å². The topological polar surface area (TPSA) is 69.9 Å². The van der Waals surface area contributed by atoms with Gasteiger partial charge in [0.15, 0.2) is 4.80 Å². The Balaban J connectivity index is 1.72. The van der Waals surface area contributed by atoms with E-state index in [1.165, 1.54) is 17.4 Å². The molecule has 0 bridgehead atoms. The van der Waals surface area contributed by atoms with Gasteiger partial charge in [-0.15, -0.1) is 0 Å². The van der Waals surface area contributed by atoms with Crippen molar-refractivity contribution in [3.05, 3.63) is 121 Å². The van der Waals surface area contributed by atoms with Gasteiger partial charge in [-0.2, -0.15) is 0 Å². The van der Waals surface area contributed by atoms with Gasteiger partial charge in [-0.05, 0) is 47.0 Å². The number of allylic oxidation sites excluding steroid dienone is 1. The zero-order valence-electron chi connectivity index (χ0n) is 19.9. The normalized spacial score (nSPS) is 15.4. The molecule has 1 aromatic heterocycles. The number of fused-ring (bicyclic) bond motifs is 2. The molecule has 1 atom stereocenters. The molecule has 0 radical (unpaired) electrons. The van der Waals surface area contributed by atoms with Gasteiger partial charge in [0.2, 0.25) is 0 Å². The van der Waals surface area contributed by atoms with E-state index >= 15 is 0 Å². The monoisotopic (exact) mass is 496 g/mol. The largest absolute Gasteiger partial charge is 0.497 e. The van der Waals surface area contributed by atoms with Gasteiger partial charge in [0, 0.05) is 0 Å². The van der Waals surface area contributed by atoms with Gasteiger partial charge < -0.3 is 9.47 Å². The van der Waals surface area contributed by atoms with Crippen LogP contribution in [0.3, 0.4) is 0 Å². The molecule has 2 heterocycles. The lowest BCUT2D eigenvalue weighted by Crippen LogP contribution is -2.39. The summed E-state index contributed by atoms with van der Waals surface area (Å²) in [6.45, 7) is 5.45. The molecule has 5 rings (SSSR count). The number of methoxy groups -OCH3 is 1. The van der Waals surface area contributed by atoms with E-state index < -0.39 is 12.0 Å². The van der Waals surface area contributed by atoms with Crippen LogP contribution in [-0.4, -0.2) is 24.3 Å². The van der Waals surface area contributed by atoms with Crippen LogP contribution in [0, 0.1) is 0 Å². The first-order valence-electron chi connectivity index (χ1n) is 11.4. The van der Waals surface area contributed by atoms with Gasteiger partial charge in [0.05, 0.1) is 29.0 Å². The maximum absolute atomic E-state index is 13.8. The van der Waals surface area contributed by atoms with Crippen LogP contribution in [0.25, 0.3) is 16.8 Å². The quantitative estimate of drug-likeness (QED) is 0.297. The van der Waals surface area contributed by atoms with Crippen LogP contribution in [0.1, 0.15) is 24.1 Å². The molecule has 7 heteroatoms. The summed E-state index contributed by atoms with van der Waals surface area (Å²) >= 11 is 1.31. The molecule has 180 valence electrons. The van der Waals surface area contributed by atoms with E-state index in [9.17, 15) is 9.59 Å². The van der Waals surface area contributed by atoms with Crippen molar-refractivity contribution in [3.63, 3.8) is 0 Å². The van der Waals surface area contributed by atoms with E-state index in [1.807, 2.05) is 72.8 Å². The van der Waals surface area contributed by atoms with Gasteiger partial charge in [0.25, 0.3) is 5.56 Å². The smallest absolute Gasteiger partial charge is 0.338 e. The molecule has 1 aliphatic heterocycles. The minimum atomic E-state index is -0.681. The zero-order valence-corrected chi connectivity index (χ0v) is 20.7. The number of benzene rings is 3. The molecule has 36 heavy (non-hydrogen) atoms. The second kappa shape index (κ2) is 9.79. The number of carbonyl (C=O) groups is 1. The third-order valence-electron chi connectivity index (χ3n) is 6.12. The molecule has 0 amide bonds. The minimum absolute atomic E-state index is 0.0659. The third kappa shape index (κ3) is 4.18. The van der Waals surface area contributed by atoms with Crippen molar-refractivity contribution in [3.8, 4) is 5.75 Å². The van der Waals surface area contributed by atoms with Gasteiger partial charge in [-0.25, -0.2) is 9.79 Å². The highest BCUT2D eigenvalue weighted by atomic mass is 32.1. The lowest BCUT2D eigenvalue weighted by Gasteiger charge is -2.24. The lowest BCUT2D eigenvalue weighted by atomic mass is 9.96. The summed E-state index contributed by atoms with van der Waals surface area (Å²) in [6, 6.07) is 20.7. The highest BCUT2D eigenvalue weighted by molar-refractivity contribution is 7.07. The second-order valence-electron chi connectivity index (χ2n) is 8.31. The summed E-state index contributed by atoms with van der Waals surface area (Å²) < 4.78 is 12.8. The average molecular weight is 497 g/mol. The van der Waals surface area contributed by atoms with E-state index in [-0.39, 0.29) is 12.2 Å².